The van der Waals surface area contributed by atoms with Gasteiger partial charge in [-0.25, -0.2) is 4.39 Å². The largest absolute Gasteiger partial charge is 0.368 e. The highest BCUT2D eigenvalue weighted by atomic mass is 32.2. The Morgan fingerprint density at radius 1 is 0.927 bits per heavy atom. The Bertz CT molecular complexity index is 1430. The topological polar surface area (TPSA) is 43.9 Å². The van der Waals surface area contributed by atoms with Crippen molar-refractivity contribution in [1.29, 1.82) is 0 Å². The highest BCUT2D eigenvalue weighted by Gasteiger charge is 2.40. The Morgan fingerprint density at radius 2 is 1.63 bits per heavy atom. The Balaban J connectivity index is 1.13. The van der Waals surface area contributed by atoms with Crippen molar-refractivity contribution in [3.63, 3.8) is 0 Å². The van der Waals surface area contributed by atoms with Crippen LogP contribution >= 0.6 is 11.8 Å². The summed E-state index contributed by atoms with van der Waals surface area (Å²) in [7, 11) is 0. The van der Waals surface area contributed by atoms with E-state index in [1.807, 2.05) is 41.3 Å². The third-order valence-corrected chi connectivity index (χ3v) is 10.0. The summed E-state index contributed by atoms with van der Waals surface area (Å²) in [5, 5.41) is 0.422. The molecule has 0 N–H and O–H groups in total. The van der Waals surface area contributed by atoms with Crippen LogP contribution in [-0.4, -0.2) is 59.1 Å². The second-order valence-electron chi connectivity index (χ2n) is 11.3. The van der Waals surface area contributed by atoms with Crippen LogP contribution in [0.3, 0.4) is 0 Å². The van der Waals surface area contributed by atoms with Crippen molar-refractivity contribution in [2.45, 2.75) is 50.4 Å². The summed E-state index contributed by atoms with van der Waals surface area (Å²) in [6, 6.07) is 22.8. The van der Waals surface area contributed by atoms with Crippen LogP contribution < -0.4 is 4.90 Å². The lowest BCUT2D eigenvalue weighted by Crippen LogP contribution is -2.50. The van der Waals surface area contributed by atoms with Crippen LogP contribution in [0.2, 0.25) is 0 Å². The number of piperazine rings is 1. The number of thioether (sulfide) groups is 1. The van der Waals surface area contributed by atoms with E-state index in [1.54, 1.807) is 23.9 Å². The smallest absolute Gasteiger partial charge is 0.260 e. The van der Waals surface area contributed by atoms with Crippen LogP contribution in [0.1, 0.15) is 52.7 Å². The van der Waals surface area contributed by atoms with Gasteiger partial charge in [0.15, 0.2) is 0 Å². The molecule has 1 aliphatic carbocycles. The Hall–Kier alpha value is -3.58. The van der Waals surface area contributed by atoms with E-state index >= 15 is 0 Å². The monoisotopic (exact) mass is 569 g/mol. The van der Waals surface area contributed by atoms with Gasteiger partial charge in [-0.3, -0.25) is 9.59 Å². The molecule has 2 heterocycles. The minimum Gasteiger partial charge on any atom is -0.368 e. The maximum absolute atomic E-state index is 13.8. The number of nitrogens with zero attached hydrogens (tertiary/aromatic N) is 3. The molecular weight excluding hydrogens is 533 g/mol. The first-order valence-electron chi connectivity index (χ1n) is 14.6. The van der Waals surface area contributed by atoms with Crippen LogP contribution in [0, 0.1) is 12.7 Å². The normalized spacial score (nSPS) is 22.1. The molecule has 2 unspecified atom stereocenters. The number of rotatable bonds is 5. The summed E-state index contributed by atoms with van der Waals surface area (Å²) in [5.74, 6) is -0.119. The molecule has 0 radical (unpaired) electrons. The molecule has 6 rings (SSSR count). The maximum Gasteiger partial charge on any atom is 0.260 e. The van der Waals surface area contributed by atoms with E-state index in [1.165, 1.54) is 36.1 Å². The Kier molecular flexibility index (Phi) is 8.15. The average molecular weight is 570 g/mol. The number of anilines is 1. The van der Waals surface area contributed by atoms with Gasteiger partial charge in [0.1, 0.15) is 5.82 Å². The predicted molar refractivity (Wildman–Crippen MR) is 164 cm³/mol. The van der Waals surface area contributed by atoms with Crippen LogP contribution in [0.4, 0.5) is 10.1 Å². The lowest BCUT2D eigenvalue weighted by Gasteiger charge is -2.44. The summed E-state index contributed by atoms with van der Waals surface area (Å²) >= 11 is 1.74. The zero-order valence-electron chi connectivity index (χ0n) is 23.5. The lowest BCUT2D eigenvalue weighted by atomic mass is 9.92. The van der Waals surface area contributed by atoms with Crippen molar-refractivity contribution in [1.82, 2.24) is 9.80 Å². The SMILES string of the molecule is Cc1ccccc1CN1C(=O)/C(=C\c2ccc(C(=O)N3CCN(c4ccc(F)cc4)CC3)cc2)SC2CCCCC21. The molecular formula is C34H36FN3O2S. The molecule has 5 nitrogen and oxygen atoms in total. The molecule has 1 saturated carbocycles. The van der Waals surface area contributed by atoms with Gasteiger partial charge in [-0.05, 0) is 78.9 Å². The van der Waals surface area contributed by atoms with Gasteiger partial charge in [0.25, 0.3) is 11.8 Å². The first kappa shape index (κ1) is 27.6. The molecule has 2 atom stereocenters. The molecule has 3 aliphatic rings. The van der Waals surface area contributed by atoms with Crippen molar-refractivity contribution in [3.8, 4) is 0 Å². The first-order chi connectivity index (χ1) is 20.0. The van der Waals surface area contributed by atoms with Gasteiger partial charge >= 0.3 is 0 Å². The van der Waals surface area contributed by atoms with Gasteiger partial charge in [0.05, 0.1) is 4.91 Å². The first-order valence-corrected chi connectivity index (χ1v) is 15.5. The van der Waals surface area contributed by atoms with E-state index in [0.29, 0.717) is 43.5 Å². The summed E-state index contributed by atoms with van der Waals surface area (Å²) in [5.41, 5.74) is 4.98. The fourth-order valence-corrected chi connectivity index (χ4v) is 7.68. The molecule has 212 valence electrons. The summed E-state index contributed by atoms with van der Waals surface area (Å²) in [6.07, 6.45) is 6.58. The molecule has 2 aliphatic heterocycles. The van der Waals surface area contributed by atoms with Crippen LogP contribution in [0.15, 0.2) is 77.7 Å². The second-order valence-corrected chi connectivity index (χ2v) is 12.5. The zero-order chi connectivity index (χ0) is 28.3. The van der Waals surface area contributed by atoms with E-state index < -0.39 is 0 Å². The summed E-state index contributed by atoms with van der Waals surface area (Å²) in [4.78, 5) is 34.0. The van der Waals surface area contributed by atoms with E-state index in [4.69, 9.17) is 0 Å². The average Bonchev–Trinajstić information content (AvgIpc) is 3.01. The standard InChI is InChI=1S/C34H36FN3O2S/c1-24-6-2-3-7-27(24)23-38-30-8-4-5-9-31(30)41-32(34(38)40)22-25-10-12-26(13-11-25)33(39)37-20-18-36(19-21-37)29-16-14-28(35)15-17-29/h2-3,6-7,10-17,22,30-31H,4-5,8-9,18-21,23H2,1H3/b32-22+. The minimum absolute atomic E-state index is 0.0144. The van der Waals surface area contributed by atoms with Gasteiger partial charge in [-0.2, -0.15) is 0 Å². The number of hydrogen-bond donors (Lipinski definition) is 0. The fourth-order valence-electron chi connectivity index (χ4n) is 6.21. The number of halogens is 1. The van der Waals surface area contributed by atoms with Crippen molar-refractivity contribution < 1.29 is 14.0 Å². The van der Waals surface area contributed by atoms with Crippen molar-refractivity contribution in [3.05, 3.63) is 106 Å². The Morgan fingerprint density at radius 3 is 2.37 bits per heavy atom. The maximum atomic E-state index is 13.8. The summed E-state index contributed by atoms with van der Waals surface area (Å²) in [6.45, 7) is 5.41. The van der Waals surface area contributed by atoms with Crippen LogP contribution in [0.5, 0.6) is 0 Å². The molecule has 2 saturated heterocycles. The molecule has 3 aromatic carbocycles. The van der Waals surface area contributed by atoms with Crippen LogP contribution in [0.25, 0.3) is 6.08 Å². The minimum atomic E-state index is -0.245. The van der Waals surface area contributed by atoms with Crippen molar-refractivity contribution in [2.75, 3.05) is 31.1 Å². The number of amides is 2. The van der Waals surface area contributed by atoms with Gasteiger partial charge in [-0.15, -0.1) is 11.8 Å². The van der Waals surface area contributed by atoms with Crippen molar-refractivity contribution >= 4 is 35.3 Å². The molecule has 3 fully saturated rings. The summed E-state index contributed by atoms with van der Waals surface area (Å²) < 4.78 is 13.3. The second kappa shape index (κ2) is 12.1. The van der Waals surface area contributed by atoms with Gasteiger partial charge in [0, 0.05) is 55.3 Å². The highest BCUT2D eigenvalue weighted by Crippen LogP contribution is 2.43. The lowest BCUT2D eigenvalue weighted by molar-refractivity contribution is -0.130. The van der Waals surface area contributed by atoms with Crippen molar-refractivity contribution in [2.24, 2.45) is 0 Å². The van der Waals surface area contributed by atoms with E-state index in [2.05, 4.69) is 34.9 Å². The molecule has 0 bridgehead atoms. The molecule has 0 spiro atoms. The number of hydrogen-bond acceptors (Lipinski definition) is 4. The fraction of sp³-hybridized carbons (Fsp3) is 0.353. The quantitative estimate of drug-likeness (QED) is 0.328. The number of fused-ring (bicyclic) bond motifs is 1. The molecule has 7 heteroatoms. The molecule has 41 heavy (non-hydrogen) atoms. The predicted octanol–water partition coefficient (Wildman–Crippen LogP) is 6.52. The third-order valence-electron chi connectivity index (χ3n) is 8.63. The zero-order valence-corrected chi connectivity index (χ0v) is 24.3. The number of benzene rings is 3. The number of carbonyl (C=O) groups is 2. The molecule has 2 amide bonds. The van der Waals surface area contributed by atoms with E-state index in [0.717, 1.165) is 29.0 Å². The number of carbonyl (C=O) groups excluding carboxylic acids is 2. The molecule has 3 aromatic rings. The van der Waals surface area contributed by atoms with E-state index in [-0.39, 0.29) is 23.7 Å². The van der Waals surface area contributed by atoms with Gasteiger partial charge < -0.3 is 14.7 Å². The number of aryl methyl sites for hydroxylation is 1. The van der Waals surface area contributed by atoms with Crippen LogP contribution in [-0.2, 0) is 11.3 Å². The van der Waals surface area contributed by atoms with Gasteiger partial charge in [-0.1, -0.05) is 49.2 Å². The van der Waals surface area contributed by atoms with E-state index in [9.17, 15) is 14.0 Å². The third kappa shape index (κ3) is 6.05. The van der Waals surface area contributed by atoms with Gasteiger partial charge in [0.2, 0.25) is 0 Å². The molecule has 0 aromatic heterocycles. The highest BCUT2D eigenvalue weighted by molar-refractivity contribution is 8.04. The Labute approximate surface area is 246 Å².